The maximum Gasteiger partial charge on any atom is 0.266 e. The zero-order valence-electron chi connectivity index (χ0n) is 16.8. The molecule has 0 spiro atoms. The molecule has 0 unspecified atom stereocenters. The lowest BCUT2D eigenvalue weighted by Gasteiger charge is -2.17. The molecule has 2 heterocycles. The molecule has 0 fully saturated rings. The lowest BCUT2D eigenvalue weighted by atomic mass is 10.1. The Kier molecular flexibility index (Phi) is 5.55. The normalized spacial score (nSPS) is 12.6. The van der Waals surface area contributed by atoms with Crippen molar-refractivity contribution in [3.63, 3.8) is 0 Å². The first kappa shape index (κ1) is 20.1. The number of anilines is 3. The highest BCUT2D eigenvalue weighted by molar-refractivity contribution is 7.18. The number of aryl methyl sites for hydroxylation is 1. The predicted octanol–water partition coefficient (Wildman–Crippen LogP) is 5.08. The summed E-state index contributed by atoms with van der Waals surface area (Å²) in [6, 6.07) is 13.2. The third-order valence-electron chi connectivity index (χ3n) is 5.16. The van der Waals surface area contributed by atoms with Crippen LogP contribution in [0.25, 0.3) is 0 Å². The van der Waals surface area contributed by atoms with Gasteiger partial charge in [0.05, 0.1) is 9.88 Å². The summed E-state index contributed by atoms with van der Waals surface area (Å²) in [4.78, 5) is 28.0. The van der Waals surface area contributed by atoms with E-state index in [-0.39, 0.29) is 11.5 Å². The van der Waals surface area contributed by atoms with Crippen molar-refractivity contribution < 1.29 is 14.0 Å². The van der Waals surface area contributed by atoms with E-state index in [0.717, 1.165) is 30.8 Å². The summed E-state index contributed by atoms with van der Waals surface area (Å²) < 4.78 is 13.3. The molecule has 0 atom stereocenters. The van der Waals surface area contributed by atoms with Crippen LogP contribution in [0.1, 0.15) is 38.1 Å². The van der Waals surface area contributed by atoms with Crippen LogP contribution in [-0.4, -0.2) is 24.9 Å². The number of carbonyl (C=O) groups is 2. The van der Waals surface area contributed by atoms with Gasteiger partial charge in [-0.05, 0) is 67.8 Å². The summed E-state index contributed by atoms with van der Waals surface area (Å²) in [7, 11) is 0. The number of hydrogen-bond donors (Lipinski definition) is 2. The Hall–Kier alpha value is -3.19. The molecule has 0 bridgehead atoms. The van der Waals surface area contributed by atoms with Crippen molar-refractivity contribution in [3.8, 4) is 0 Å². The number of halogens is 1. The zero-order chi connectivity index (χ0) is 21.3. The number of benzene rings is 2. The van der Waals surface area contributed by atoms with Crippen molar-refractivity contribution >= 4 is 39.5 Å². The van der Waals surface area contributed by atoms with Crippen LogP contribution in [0, 0.1) is 12.7 Å². The fraction of sp³-hybridized carbons (Fsp3) is 0.217. The van der Waals surface area contributed by atoms with E-state index in [1.165, 1.54) is 40.8 Å². The number of likely N-dealkylation sites (N-methyl/N-ethyl adjacent to an activating group) is 1. The van der Waals surface area contributed by atoms with Crippen molar-refractivity contribution in [2.24, 2.45) is 0 Å². The molecule has 0 aliphatic carbocycles. The van der Waals surface area contributed by atoms with E-state index in [9.17, 15) is 14.0 Å². The van der Waals surface area contributed by atoms with Gasteiger partial charge in [0.1, 0.15) is 5.82 Å². The molecule has 1 aliphatic heterocycles. The minimum Gasteiger partial charge on any atom is -0.371 e. The first-order valence-corrected chi connectivity index (χ1v) is 10.6. The monoisotopic (exact) mass is 423 g/mol. The molecule has 1 aromatic heterocycles. The third kappa shape index (κ3) is 4.07. The molecular formula is C23H22FN3O2S. The molecule has 2 N–H and O–H groups in total. The van der Waals surface area contributed by atoms with Crippen LogP contribution >= 0.6 is 11.3 Å². The lowest BCUT2D eigenvalue weighted by Crippen LogP contribution is -2.19. The number of nitrogens with one attached hydrogen (secondary N) is 2. The van der Waals surface area contributed by atoms with Crippen LogP contribution in [0.3, 0.4) is 0 Å². The summed E-state index contributed by atoms with van der Waals surface area (Å²) in [5, 5.41) is 6.24. The molecule has 5 nitrogen and oxygen atoms in total. The van der Waals surface area contributed by atoms with E-state index in [1.807, 2.05) is 19.1 Å². The molecular weight excluding hydrogens is 401 g/mol. The SMILES string of the molecule is CCN1CCc2ccc(NC(=O)c3sc(NC(=O)c4cccc(F)c4)cc3C)cc21. The summed E-state index contributed by atoms with van der Waals surface area (Å²) >= 11 is 1.20. The van der Waals surface area contributed by atoms with Gasteiger partial charge in [-0.2, -0.15) is 0 Å². The second-order valence-electron chi connectivity index (χ2n) is 7.21. The van der Waals surface area contributed by atoms with Crippen LogP contribution in [0.15, 0.2) is 48.5 Å². The van der Waals surface area contributed by atoms with Gasteiger partial charge in [0.15, 0.2) is 0 Å². The number of nitrogens with zero attached hydrogens (tertiary/aromatic N) is 1. The zero-order valence-corrected chi connectivity index (χ0v) is 17.6. The molecule has 2 aromatic carbocycles. The van der Waals surface area contributed by atoms with Gasteiger partial charge in [-0.3, -0.25) is 9.59 Å². The van der Waals surface area contributed by atoms with Crippen molar-refractivity contribution in [1.82, 2.24) is 0 Å². The van der Waals surface area contributed by atoms with Gasteiger partial charge in [-0.15, -0.1) is 11.3 Å². The van der Waals surface area contributed by atoms with Crippen LogP contribution in [0.5, 0.6) is 0 Å². The molecule has 7 heteroatoms. The van der Waals surface area contributed by atoms with Gasteiger partial charge >= 0.3 is 0 Å². The minimum absolute atomic E-state index is 0.218. The molecule has 3 aromatic rings. The van der Waals surface area contributed by atoms with Crippen molar-refractivity contribution in [2.45, 2.75) is 20.3 Å². The van der Waals surface area contributed by atoms with Gasteiger partial charge in [0, 0.05) is 30.0 Å². The highest BCUT2D eigenvalue weighted by Gasteiger charge is 2.20. The maximum atomic E-state index is 13.3. The van der Waals surface area contributed by atoms with Gasteiger partial charge < -0.3 is 15.5 Å². The Balaban J connectivity index is 1.48. The molecule has 0 radical (unpaired) electrons. The molecule has 0 saturated heterocycles. The largest absolute Gasteiger partial charge is 0.371 e. The molecule has 1 aliphatic rings. The van der Waals surface area contributed by atoms with E-state index < -0.39 is 11.7 Å². The fourth-order valence-electron chi connectivity index (χ4n) is 3.62. The lowest BCUT2D eigenvalue weighted by molar-refractivity contribution is 0.101. The third-order valence-corrected chi connectivity index (χ3v) is 6.32. The van der Waals surface area contributed by atoms with E-state index in [4.69, 9.17) is 0 Å². The Morgan fingerprint density at radius 1 is 1.10 bits per heavy atom. The average Bonchev–Trinajstić information content (AvgIpc) is 3.30. The smallest absolute Gasteiger partial charge is 0.266 e. The number of hydrogen-bond acceptors (Lipinski definition) is 4. The number of amides is 2. The summed E-state index contributed by atoms with van der Waals surface area (Å²) in [6.45, 7) is 5.88. The second-order valence-corrected chi connectivity index (χ2v) is 8.27. The minimum atomic E-state index is -0.471. The van der Waals surface area contributed by atoms with Crippen molar-refractivity contribution in [1.29, 1.82) is 0 Å². The van der Waals surface area contributed by atoms with Crippen molar-refractivity contribution in [3.05, 3.63) is 75.9 Å². The Labute approximate surface area is 178 Å². The number of rotatable bonds is 5. The van der Waals surface area contributed by atoms with Gasteiger partial charge in [-0.1, -0.05) is 12.1 Å². The van der Waals surface area contributed by atoms with Gasteiger partial charge in [0.25, 0.3) is 11.8 Å². The summed E-state index contributed by atoms with van der Waals surface area (Å²) in [5.74, 6) is -1.10. The molecule has 4 rings (SSSR count). The van der Waals surface area contributed by atoms with E-state index in [2.05, 4.69) is 28.5 Å². The molecule has 0 saturated carbocycles. The van der Waals surface area contributed by atoms with Crippen LogP contribution < -0.4 is 15.5 Å². The summed E-state index contributed by atoms with van der Waals surface area (Å²) in [5.41, 5.74) is 4.21. The molecule has 2 amide bonds. The van der Waals surface area contributed by atoms with Crippen molar-refractivity contribution in [2.75, 3.05) is 28.6 Å². The van der Waals surface area contributed by atoms with E-state index in [0.29, 0.717) is 9.88 Å². The van der Waals surface area contributed by atoms with Gasteiger partial charge in [-0.25, -0.2) is 4.39 Å². The summed E-state index contributed by atoms with van der Waals surface area (Å²) in [6.07, 6.45) is 1.02. The number of thiophene rings is 1. The average molecular weight is 424 g/mol. The Morgan fingerprint density at radius 3 is 2.70 bits per heavy atom. The van der Waals surface area contributed by atoms with Crippen LogP contribution in [0.4, 0.5) is 20.8 Å². The fourth-order valence-corrected chi connectivity index (χ4v) is 4.59. The maximum absolute atomic E-state index is 13.3. The number of fused-ring (bicyclic) bond motifs is 1. The van der Waals surface area contributed by atoms with E-state index >= 15 is 0 Å². The molecule has 30 heavy (non-hydrogen) atoms. The highest BCUT2D eigenvalue weighted by atomic mass is 32.1. The second kappa shape index (κ2) is 8.28. The first-order valence-electron chi connectivity index (χ1n) is 9.81. The first-order chi connectivity index (χ1) is 14.4. The Morgan fingerprint density at radius 2 is 1.93 bits per heavy atom. The quantitative estimate of drug-likeness (QED) is 0.601. The highest BCUT2D eigenvalue weighted by Crippen LogP contribution is 2.32. The van der Waals surface area contributed by atoms with Crippen LogP contribution in [0.2, 0.25) is 0 Å². The van der Waals surface area contributed by atoms with Crippen LogP contribution in [-0.2, 0) is 6.42 Å². The standard InChI is InChI=1S/C23H22FN3O2S/c1-3-27-10-9-15-7-8-18(13-19(15)27)25-23(29)21-14(2)11-20(30-21)26-22(28)16-5-4-6-17(24)12-16/h4-8,11-13H,3,9-10H2,1-2H3,(H,25,29)(H,26,28). The Bertz CT molecular complexity index is 1130. The van der Waals surface area contributed by atoms with E-state index in [1.54, 1.807) is 12.1 Å². The topological polar surface area (TPSA) is 61.4 Å². The number of carbonyl (C=O) groups excluding carboxylic acids is 2. The predicted molar refractivity (Wildman–Crippen MR) is 119 cm³/mol. The molecule has 154 valence electrons. The van der Waals surface area contributed by atoms with Gasteiger partial charge in [0.2, 0.25) is 0 Å².